The van der Waals surface area contributed by atoms with E-state index in [4.69, 9.17) is 0 Å². The molecule has 1 heterocycles. The third-order valence-corrected chi connectivity index (χ3v) is 5.93. The van der Waals surface area contributed by atoms with Gasteiger partial charge in [0.15, 0.2) is 0 Å². The average Bonchev–Trinajstić information content (AvgIpc) is 2.69. The number of rotatable bonds is 6. The van der Waals surface area contributed by atoms with Gasteiger partial charge in [-0.05, 0) is 59.5 Å². The lowest BCUT2D eigenvalue weighted by molar-refractivity contribution is -0.121. The van der Waals surface area contributed by atoms with Crippen LogP contribution < -0.4 is 5.32 Å². The quantitative estimate of drug-likeness (QED) is 0.754. The van der Waals surface area contributed by atoms with Crippen LogP contribution in [-0.2, 0) is 11.2 Å². The van der Waals surface area contributed by atoms with Crippen LogP contribution in [0.15, 0.2) is 53.0 Å². The van der Waals surface area contributed by atoms with E-state index in [1.54, 1.807) is 0 Å². The number of piperazine rings is 1. The van der Waals surface area contributed by atoms with Gasteiger partial charge in [-0.1, -0.05) is 36.4 Å². The largest absolute Gasteiger partial charge is 0.324 e. The maximum Gasteiger partial charge on any atom is 0.241 e. The Labute approximate surface area is 170 Å². The number of benzene rings is 2. The first-order valence-corrected chi connectivity index (χ1v) is 10.4. The van der Waals surface area contributed by atoms with Crippen LogP contribution in [0, 0.1) is 6.92 Å². The van der Waals surface area contributed by atoms with E-state index in [0.29, 0.717) is 0 Å². The molecule has 1 aliphatic rings. The van der Waals surface area contributed by atoms with E-state index in [1.807, 2.05) is 32.0 Å². The van der Waals surface area contributed by atoms with E-state index >= 15 is 0 Å². The second kappa shape index (κ2) is 9.49. The molecule has 1 unspecified atom stereocenters. The molecule has 1 atom stereocenters. The molecular formula is C22H28BrN3O. The zero-order valence-electron chi connectivity index (χ0n) is 16.1. The van der Waals surface area contributed by atoms with Gasteiger partial charge in [0.2, 0.25) is 5.91 Å². The fraction of sp³-hybridized carbons (Fsp3) is 0.409. The van der Waals surface area contributed by atoms with Gasteiger partial charge < -0.3 is 10.2 Å². The van der Waals surface area contributed by atoms with Crippen LogP contribution >= 0.6 is 15.9 Å². The van der Waals surface area contributed by atoms with Crippen LogP contribution in [0.2, 0.25) is 0 Å². The van der Waals surface area contributed by atoms with E-state index in [-0.39, 0.29) is 11.9 Å². The summed E-state index contributed by atoms with van der Waals surface area (Å²) in [4.78, 5) is 17.4. The predicted molar refractivity (Wildman–Crippen MR) is 115 cm³/mol. The summed E-state index contributed by atoms with van der Waals surface area (Å²) in [5.41, 5.74) is 3.38. The van der Waals surface area contributed by atoms with Crippen molar-refractivity contribution in [3.8, 4) is 0 Å². The van der Waals surface area contributed by atoms with Crippen LogP contribution in [0.4, 0.5) is 5.69 Å². The van der Waals surface area contributed by atoms with Gasteiger partial charge in [-0.2, -0.15) is 0 Å². The van der Waals surface area contributed by atoms with E-state index in [1.165, 1.54) is 11.1 Å². The summed E-state index contributed by atoms with van der Waals surface area (Å²) in [6.45, 7) is 9.00. The van der Waals surface area contributed by atoms with Crippen molar-refractivity contribution in [3.63, 3.8) is 0 Å². The minimum absolute atomic E-state index is 0.0530. The number of hydrogen-bond donors (Lipinski definition) is 1. The molecule has 1 aliphatic heterocycles. The maximum absolute atomic E-state index is 12.7. The summed E-state index contributed by atoms with van der Waals surface area (Å²) in [7, 11) is 0. The lowest BCUT2D eigenvalue weighted by Crippen LogP contribution is -2.53. The Morgan fingerprint density at radius 3 is 2.48 bits per heavy atom. The minimum atomic E-state index is -0.130. The Morgan fingerprint density at radius 1 is 1.11 bits per heavy atom. The van der Waals surface area contributed by atoms with Crippen molar-refractivity contribution in [2.45, 2.75) is 26.3 Å². The fourth-order valence-electron chi connectivity index (χ4n) is 3.43. The summed E-state index contributed by atoms with van der Waals surface area (Å²) >= 11 is 3.53. The van der Waals surface area contributed by atoms with E-state index in [9.17, 15) is 4.79 Å². The molecule has 1 fully saturated rings. The molecular weight excluding hydrogens is 402 g/mol. The smallest absolute Gasteiger partial charge is 0.241 e. The first kappa shape index (κ1) is 20.1. The monoisotopic (exact) mass is 429 g/mol. The standard InChI is InChI=1S/C22H28BrN3O/c1-17-8-9-21(20(23)16-17)24-22(27)18(2)26-14-12-25(13-15-26)11-10-19-6-4-3-5-7-19/h3-9,16,18H,10-15H2,1-2H3,(H,24,27). The van der Waals surface area contributed by atoms with Crippen molar-refractivity contribution >= 4 is 27.5 Å². The van der Waals surface area contributed by atoms with Gasteiger partial charge in [0.05, 0.1) is 11.7 Å². The number of amides is 1. The van der Waals surface area contributed by atoms with Crippen LogP contribution in [0.5, 0.6) is 0 Å². The Morgan fingerprint density at radius 2 is 1.81 bits per heavy atom. The van der Waals surface area contributed by atoms with Crippen LogP contribution in [-0.4, -0.2) is 54.5 Å². The summed E-state index contributed by atoms with van der Waals surface area (Å²) in [5.74, 6) is 0.0530. The van der Waals surface area contributed by atoms with Gasteiger partial charge in [-0.3, -0.25) is 9.69 Å². The Balaban J connectivity index is 1.46. The molecule has 5 heteroatoms. The van der Waals surface area contributed by atoms with E-state index < -0.39 is 0 Å². The average molecular weight is 430 g/mol. The molecule has 27 heavy (non-hydrogen) atoms. The zero-order chi connectivity index (χ0) is 19.2. The number of nitrogens with zero attached hydrogens (tertiary/aromatic N) is 2. The summed E-state index contributed by atoms with van der Waals surface area (Å²) in [5, 5.41) is 3.05. The Hall–Kier alpha value is -1.69. The van der Waals surface area contributed by atoms with Crippen molar-refractivity contribution in [3.05, 3.63) is 64.1 Å². The van der Waals surface area contributed by atoms with Gasteiger partial charge in [-0.15, -0.1) is 0 Å². The highest BCUT2D eigenvalue weighted by molar-refractivity contribution is 9.10. The number of hydrogen-bond acceptors (Lipinski definition) is 3. The molecule has 1 saturated heterocycles. The fourth-order valence-corrected chi connectivity index (χ4v) is 4.02. The molecule has 0 spiro atoms. The highest BCUT2D eigenvalue weighted by atomic mass is 79.9. The molecule has 0 aliphatic carbocycles. The summed E-state index contributed by atoms with van der Waals surface area (Å²) in [6, 6.07) is 16.5. The molecule has 0 saturated carbocycles. The summed E-state index contributed by atoms with van der Waals surface area (Å²) in [6.07, 6.45) is 1.08. The molecule has 1 amide bonds. The zero-order valence-corrected chi connectivity index (χ0v) is 17.7. The first-order chi connectivity index (χ1) is 13.0. The highest BCUT2D eigenvalue weighted by Gasteiger charge is 2.25. The number of carbonyl (C=O) groups is 1. The normalized spacial score (nSPS) is 16.9. The number of nitrogens with one attached hydrogen (secondary N) is 1. The van der Waals surface area contributed by atoms with Crippen molar-refractivity contribution in [2.75, 3.05) is 38.0 Å². The number of anilines is 1. The predicted octanol–water partition coefficient (Wildman–Crippen LogP) is 3.94. The lowest BCUT2D eigenvalue weighted by atomic mass is 10.1. The topological polar surface area (TPSA) is 35.6 Å². The maximum atomic E-state index is 12.7. The molecule has 0 radical (unpaired) electrons. The SMILES string of the molecule is Cc1ccc(NC(=O)C(C)N2CCN(CCc3ccccc3)CC2)c(Br)c1. The van der Waals surface area contributed by atoms with Crippen molar-refractivity contribution in [1.29, 1.82) is 0 Å². The van der Waals surface area contributed by atoms with Gasteiger partial charge in [0.25, 0.3) is 0 Å². The second-order valence-electron chi connectivity index (χ2n) is 7.26. The van der Waals surface area contributed by atoms with Crippen LogP contribution in [0.25, 0.3) is 0 Å². The molecule has 1 N–H and O–H groups in total. The lowest BCUT2D eigenvalue weighted by Gasteiger charge is -2.37. The van der Waals surface area contributed by atoms with Gasteiger partial charge >= 0.3 is 0 Å². The molecule has 144 valence electrons. The van der Waals surface area contributed by atoms with Crippen molar-refractivity contribution < 1.29 is 4.79 Å². The van der Waals surface area contributed by atoms with Crippen molar-refractivity contribution in [2.24, 2.45) is 0 Å². The Kier molecular flexibility index (Phi) is 7.05. The first-order valence-electron chi connectivity index (χ1n) is 9.60. The third kappa shape index (κ3) is 5.64. The van der Waals surface area contributed by atoms with Gasteiger partial charge in [-0.25, -0.2) is 0 Å². The molecule has 3 rings (SSSR count). The number of halogens is 1. The van der Waals surface area contributed by atoms with E-state index in [0.717, 1.165) is 49.3 Å². The van der Waals surface area contributed by atoms with Crippen LogP contribution in [0.3, 0.4) is 0 Å². The van der Waals surface area contributed by atoms with Gasteiger partial charge in [0.1, 0.15) is 0 Å². The number of carbonyl (C=O) groups excluding carboxylic acids is 1. The molecule has 2 aromatic rings. The molecule has 0 bridgehead atoms. The summed E-state index contributed by atoms with van der Waals surface area (Å²) < 4.78 is 0.925. The van der Waals surface area contributed by atoms with Crippen molar-refractivity contribution in [1.82, 2.24) is 9.80 Å². The molecule has 2 aromatic carbocycles. The Bertz CT molecular complexity index is 757. The number of aryl methyl sites for hydroxylation is 1. The highest BCUT2D eigenvalue weighted by Crippen LogP contribution is 2.24. The second-order valence-corrected chi connectivity index (χ2v) is 8.12. The molecule has 4 nitrogen and oxygen atoms in total. The van der Waals surface area contributed by atoms with Crippen LogP contribution in [0.1, 0.15) is 18.1 Å². The van der Waals surface area contributed by atoms with E-state index in [2.05, 4.69) is 61.4 Å². The third-order valence-electron chi connectivity index (χ3n) is 5.28. The minimum Gasteiger partial charge on any atom is -0.324 e. The van der Waals surface area contributed by atoms with Gasteiger partial charge in [0, 0.05) is 37.2 Å². The molecule has 0 aromatic heterocycles.